The Morgan fingerprint density at radius 3 is 1.30 bits per heavy atom. The Morgan fingerprint density at radius 2 is 0.836 bits per heavy atom. The summed E-state index contributed by atoms with van der Waals surface area (Å²) in [4.78, 5) is 26.2. The van der Waals surface area contributed by atoms with Crippen molar-refractivity contribution in [3.05, 3.63) is 36.5 Å². The van der Waals surface area contributed by atoms with Crippen molar-refractivity contribution in [2.75, 3.05) is 6.61 Å². The van der Waals surface area contributed by atoms with Crippen LogP contribution >= 0.6 is 0 Å². The average molecular weight is 858 g/mol. The highest BCUT2D eigenvalue weighted by atomic mass is 16.5. The van der Waals surface area contributed by atoms with Gasteiger partial charge in [0.15, 0.2) is 0 Å². The van der Waals surface area contributed by atoms with Crippen LogP contribution in [0.4, 0.5) is 0 Å². The number of unbranched alkanes of at least 4 members (excludes halogenated alkanes) is 30. The lowest BCUT2D eigenvalue weighted by atomic mass is 10.0. The van der Waals surface area contributed by atoms with Crippen molar-refractivity contribution in [3.8, 4) is 0 Å². The van der Waals surface area contributed by atoms with Gasteiger partial charge in [-0.3, -0.25) is 9.59 Å². The maximum absolute atomic E-state index is 13.2. The lowest BCUT2D eigenvalue weighted by Crippen LogP contribution is -2.46. The highest BCUT2D eigenvalue weighted by Gasteiger charge is 2.24. The Kier molecular flexibility index (Phi) is 47.6. The highest BCUT2D eigenvalue weighted by molar-refractivity contribution is 5.77. The van der Waals surface area contributed by atoms with E-state index in [2.05, 4.69) is 62.5 Å². The molecule has 6 nitrogen and oxygen atoms in total. The first-order valence-corrected chi connectivity index (χ1v) is 26.7. The van der Waals surface area contributed by atoms with Gasteiger partial charge in [0.25, 0.3) is 0 Å². The number of ether oxygens (including phenoxy) is 1. The number of rotatable bonds is 48. The molecule has 3 unspecified atom stereocenters. The fourth-order valence-electron chi connectivity index (χ4n) is 8.14. The smallest absolute Gasteiger partial charge is 0.306 e. The molecule has 3 N–H and O–H groups in total. The van der Waals surface area contributed by atoms with Crippen LogP contribution in [0.15, 0.2) is 36.5 Å². The lowest BCUT2D eigenvalue weighted by Gasteiger charge is -2.24. The van der Waals surface area contributed by atoms with E-state index in [-0.39, 0.29) is 24.9 Å². The maximum Gasteiger partial charge on any atom is 0.306 e. The predicted molar refractivity (Wildman–Crippen MR) is 264 cm³/mol. The largest absolute Gasteiger partial charge is 0.462 e. The molecule has 0 rings (SSSR count). The Labute approximate surface area is 379 Å². The molecule has 0 aromatic carbocycles. The maximum atomic E-state index is 13.2. The van der Waals surface area contributed by atoms with Crippen molar-refractivity contribution in [1.29, 1.82) is 0 Å². The van der Waals surface area contributed by atoms with E-state index in [1.165, 1.54) is 167 Å². The van der Waals surface area contributed by atoms with E-state index in [1.54, 1.807) is 0 Å². The Hall–Kier alpha value is -1.92. The minimum absolute atomic E-state index is 0.0761. The monoisotopic (exact) mass is 858 g/mol. The fourth-order valence-corrected chi connectivity index (χ4v) is 8.14. The minimum Gasteiger partial charge on any atom is -0.462 e. The number of esters is 1. The molecule has 0 radical (unpaired) electrons. The zero-order valence-corrected chi connectivity index (χ0v) is 40.8. The SMILES string of the molecule is CCCCC/C=C\C/C=C\C/C=C\CCCCCCCCC(=O)OC(CCCCCCCCCCCCCC)CC(=O)NC(CO)C(O)CCCCCCCCCCCCC. The summed E-state index contributed by atoms with van der Waals surface area (Å²) in [6.07, 6.45) is 57.7. The van der Waals surface area contributed by atoms with Crippen LogP contribution in [0.3, 0.4) is 0 Å². The number of nitrogens with one attached hydrogen (secondary N) is 1. The van der Waals surface area contributed by atoms with Crippen LogP contribution in [0.1, 0.15) is 278 Å². The Bertz CT molecular complexity index is 1010. The number of amides is 1. The summed E-state index contributed by atoms with van der Waals surface area (Å²) in [7, 11) is 0. The molecule has 358 valence electrons. The van der Waals surface area contributed by atoms with E-state index < -0.39 is 18.2 Å². The third-order valence-corrected chi connectivity index (χ3v) is 12.2. The van der Waals surface area contributed by atoms with Crippen molar-refractivity contribution in [2.45, 2.75) is 296 Å². The van der Waals surface area contributed by atoms with Crippen LogP contribution in [0.25, 0.3) is 0 Å². The van der Waals surface area contributed by atoms with E-state index in [1.807, 2.05) is 0 Å². The summed E-state index contributed by atoms with van der Waals surface area (Å²) in [5.41, 5.74) is 0. The molecule has 61 heavy (non-hydrogen) atoms. The van der Waals surface area contributed by atoms with Crippen molar-refractivity contribution in [3.63, 3.8) is 0 Å². The van der Waals surface area contributed by atoms with Crippen LogP contribution in [0.2, 0.25) is 0 Å². The first-order valence-electron chi connectivity index (χ1n) is 26.7. The Morgan fingerprint density at radius 1 is 0.475 bits per heavy atom. The van der Waals surface area contributed by atoms with Gasteiger partial charge in [0.2, 0.25) is 5.91 Å². The first-order chi connectivity index (χ1) is 30.0. The van der Waals surface area contributed by atoms with E-state index >= 15 is 0 Å². The standard InChI is InChI=1S/C55H103NO5/c1-4-7-10-13-16-19-22-24-25-26-27-28-29-30-33-36-39-42-45-48-55(60)61-51(46-43-40-37-34-32-23-20-17-14-11-8-5-2)49-54(59)56-52(50-57)53(58)47-44-41-38-35-31-21-18-15-12-9-6-3/h16,19,24-25,27-28,51-53,57-58H,4-15,17-18,20-23,26,29-50H2,1-3H3,(H,56,59)/b19-16-,25-24-,28-27-. The molecule has 0 aromatic heterocycles. The van der Waals surface area contributed by atoms with E-state index in [4.69, 9.17) is 4.74 Å². The van der Waals surface area contributed by atoms with Crippen molar-refractivity contribution in [1.82, 2.24) is 5.32 Å². The predicted octanol–water partition coefficient (Wildman–Crippen LogP) is 16.1. The number of hydrogen-bond donors (Lipinski definition) is 3. The number of carbonyl (C=O) groups is 2. The normalized spacial score (nSPS) is 13.5. The number of hydrogen-bond acceptors (Lipinski definition) is 5. The van der Waals surface area contributed by atoms with Gasteiger partial charge in [-0.05, 0) is 64.2 Å². The topological polar surface area (TPSA) is 95.9 Å². The van der Waals surface area contributed by atoms with Crippen LogP contribution in [0, 0.1) is 0 Å². The fraction of sp³-hybridized carbons (Fsp3) is 0.855. The Balaban J connectivity index is 4.52. The minimum atomic E-state index is -0.786. The summed E-state index contributed by atoms with van der Waals surface area (Å²) in [6.45, 7) is 6.46. The molecule has 3 atom stereocenters. The van der Waals surface area contributed by atoms with Gasteiger partial charge in [-0.25, -0.2) is 0 Å². The van der Waals surface area contributed by atoms with E-state index in [0.29, 0.717) is 19.3 Å². The van der Waals surface area contributed by atoms with Crippen LogP contribution < -0.4 is 5.32 Å². The van der Waals surface area contributed by atoms with Crippen molar-refractivity contribution < 1.29 is 24.5 Å². The summed E-state index contributed by atoms with van der Waals surface area (Å²) >= 11 is 0. The van der Waals surface area contributed by atoms with Gasteiger partial charge in [0, 0.05) is 6.42 Å². The molecule has 0 spiro atoms. The molecule has 0 fully saturated rings. The second-order valence-electron chi connectivity index (χ2n) is 18.3. The molecule has 0 aliphatic carbocycles. The number of carbonyl (C=O) groups excluding carboxylic acids is 2. The molecule has 0 heterocycles. The first kappa shape index (κ1) is 59.1. The van der Waals surface area contributed by atoms with Crippen molar-refractivity contribution >= 4 is 11.9 Å². The third-order valence-electron chi connectivity index (χ3n) is 12.2. The third kappa shape index (κ3) is 44.5. The zero-order valence-electron chi connectivity index (χ0n) is 40.8. The lowest BCUT2D eigenvalue weighted by molar-refractivity contribution is -0.151. The van der Waals surface area contributed by atoms with Crippen molar-refractivity contribution in [2.24, 2.45) is 0 Å². The van der Waals surface area contributed by atoms with Gasteiger partial charge in [0.05, 0.1) is 25.2 Å². The average Bonchev–Trinajstić information content (AvgIpc) is 3.25. The second kappa shape index (κ2) is 49.1. The van der Waals surface area contributed by atoms with Gasteiger partial charge in [-0.15, -0.1) is 0 Å². The van der Waals surface area contributed by atoms with Gasteiger partial charge >= 0.3 is 5.97 Å². The van der Waals surface area contributed by atoms with Gasteiger partial charge in [-0.2, -0.15) is 0 Å². The molecule has 0 bridgehead atoms. The number of aliphatic hydroxyl groups excluding tert-OH is 2. The summed E-state index contributed by atoms with van der Waals surface area (Å²) in [5, 5.41) is 23.7. The molecule has 0 aromatic rings. The van der Waals surface area contributed by atoms with Crippen LogP contribution in [0.5, 0.6) is 0 Å². The molecule has 0 aliphatic rings. The van der Waals surface area contributed by atoms with E-state index in [0.717, 1.165) is 64.2 Å². The van der Waals surface area contributed by atoms with E-state index in [9.17, 15) is 19.8 Å². The second-order valence-corrected chi connectivity index (χ2v) is 18.3. The quantitative estimate of drug-likeness (QED) is 0.0322. The summed E-state index contributed by atoms with van der Waals surface area (Å²) in [6, 6.07) is -0.700. The van der Waals surface area contributed by atoms with Gasteiger partial charge in [-0.1, -0.05) is 237 Å². The number of aliphatic hydroxyl groups is 2. The summed E-state index contributed by atoms with van der Waals surface area (Å²) < 4.78 is 5.94. The zero-order chi connectivity index (χ0) is 44.5. The highest BCUT2D eigenvalue weighted by Crippen LogP contribution is 2.18. The van der Waals surface area contributed by atoms with Gasteiger partial charge in [0.1, 0.15) is 6.10 Å². The molecule has 0 aliphatic heterocycles. The summed E-state index contributed by atoms with van der Waals surface area (Å²) in [5.74, 6) is -0.477. The van der Waals surface area contributed by atoms with Crippen LogP contribution in [-0.2, 0) is 14.3 Å². The molecule has 0 saturated carbocycles. The molecular weight excluding hydrogens is 755 g/mol. The number of allylic oxidation sites excluding steroid dienone is 6. The molecule has 1 amide bonds. The van der Waals surface area contributed by atoms with Gasteiger partial charge < -0.3 is 20.3 Å². The van der Waals surface area contributed by atoms with Crippen LogP contribution in [-0.4, -0.2) is 46.9 Å². The molecule has 6 heteroatoms. The molecule has 0 saturated heterocycles. The molecular formula is C55H103NO5.